The molecule has 1 aromatic carbocycles. The van der Waals surface area contributed by atoms with Crippen LogP contribution in [0.2, 0.25) is 0 Å². The molecule has 5 rings (SSSR count). The maximum atomic E-state index is 9.17. The number of aliphatic hydroxyl groups is 1. The minimum atomic E-state index is 0.0154. The monoisotopic (exact) mass is 435 g/mol. The Hall–Kier alpha value is -2.97. The van der Waals surface area contributed by atoms with Crippen LogP contribution in [-0.2, 0) is 11.3 Å². The van der Waals surface area contributed by atoms with E-state index in [0.29, 0.717) is 6.04 Å². The lowest BCUT2D eigenvalue weighted by Crippen LogP contribution is -2.36. The fraction of sp³-hybridized carbons (Fsp3) is 0.458. The molecule has 0 bridgehead atoms. The Labute approximate surface area is 187 Å². The van der Waals surface area contributed by atoms with E-state index < -0.39 is 0 Å². The second-order valence-electron chi connectivity index (χ2n) is 8.41. The molecule has 3 heterocycles. The lowest BCUT2D eigenvalue weighted by molar-refractivity contribution is 0.122. The van der Waals surface area contributed by atoms with Crippen molar-refractivity contribution >= 4 is 22.5 Å². The summed E-state index contributed by atoms with van der Waals surface area (Å²) in [5.41, 5.74) is 3.61. The second kappa shape index (κ2) is 9.67. The Morgan fingerprint density at radius 2 is 1.84 bits per heavy atom. The van der Waals surface area contributed by atoms with Crippen LogP contribution in [0.25, 0.3) is 11.0 Å². The summed E-state index contributed by atoms with van der Waals surface area (Å²) >= 11 is 0. The fourth-order valence-corrected chi connectivity index (χ4v) is 4.44. The number of rotatable bonds is 6. The first kappa shape index (κ1) is 20.9. The van der Waals surface area contributed by atoms with Crippen molar-refractivity contribution in [3.63, 3.8) is 0 Å². The fourth-order valence-electron chi connectivity index (χ4n) is 4.44. The van der Waals surface area contributed by atoms with Crippen LogP contribution in [0.3, 0.4) is 0 Å². The molecule has 8 heteroatoms. The van der Waals surface area contributed by atoms with Gasteiger partial charge in [-0.3, -0.25) is 4.98 Å². The third-order valence-electron chi connectivity index (χ3n) is 6.23. The van der Waals surface area contributed by atoms with Gasteiger partial charge in [-0.1, -0.05) is 6.07 Å². The second-order valence-corrected chi connectivity index (χ2v) is 8.41. The van der Waals surface area contributed by atoms with Crippen LogP contribution in [0, 0.1) is 0 Å². The van der Waals surface area contributed by atoms with Crippen LogP contribution in [0.5, 0.6) is 5.75 Å². The highest BCUT2D eigenvalue weighted by atomic mass is 16.5. The van der Waals surface area contributed by atoms with Crippen molar-refractivity contribution in [1.29, 1.82) is 0 Å². The number of nitrogens with one attached hydrogen (secondary N) is 1. The van der Waals surface area contributed by atoms with E-state index >= 15 is 0 Å². The maximum absolute atomic E-state index is 9.17. The van der Waals surface area contributed by atoms with Crippen molar-refractivity contribution in [2.45, 2.75) is 44.4 Å². The molecule has 1 aliphatic heterocycles. The molecule has 0 spiro atoms. The summed E-state index contributed by atoms with van der Waals surface area (Å²) in [5, 5.41) is 12.7. The highest BCUT2D eigenvalue weighted by Gasteiger charge is 2.24. The summed E-state index contributed by atoms with van der Waals surface area (Å²) in [6.45, 7) is 3.23. The zero-order valence-electron chi connectivity index (χ0n) is 18.1. The molecular weight excluding hydrogens is 406 g/mol. The highest BCUT2D eigenvalue weighted by Crippen LogP contribution is 2.33. The van der Waals surface area contributed by atoms with Gasteiger partial charge in [0.15, 0.2) is 0 Å². The highest BCUT2D eigenvalue weighted by molar-refractivity contribution is 5.85. The van der Waals surface area contributed by atoms with E-state index in [-0.39, 0.29) is 12.7 Å². The SMILES string of the molecule is OCc1ccc(NC2CCC(Oc3cc(N4CCOCC4)cc4nccnc34)CC2)nc1. The van der Waals surface area contributed by atoms with Gasteiger partial charge in [-0.15, -0.1) is 0 Å². The van der Waals surface area contributed by atoms with E-state index in [1.165, 1.54) is 0 Å². The van der Waals surface area contributed by atoms with Gasteiger partial charge in [-0.05, 0) is 43.4 Å². The van der Waals surface area contributed by atoms with Crippen LogP contribution in [0.15, 0.2) is 42.9 Å². The lowest BCUT2D eigenvalue weighted by Gasteiger charge is -2.31. The molecule has 2 N–H and O–H groups in total. The maximum Gasteiger partial charge on any atom is 0.149 e. The number of ether oxygens (including phenoxy) is 2. The van der Waals surface area contributed by atoms with Crippen molar-refractivity contribution in [2.75, 3.05) is 36.5 Å². The van der Waals surface area contributed by atoms with Crippen molar-refractivity contribution in [3.05, 3.63) is 48.4 Å². The lowest BCUT2D eigenvalue weighted by atomic mass is 9.93. The smallest absolute Gasteiger partial charge is 0.149 e. The molecule has 2 aromatic heterocycles. The van der Waals surface area contributed by atoms with Gasteiger partial charge in [0.05, 0.1) is 31.4 Å². The summed E-state index contributed by atoms with van der Waals surface area (Å²) in [6.07, 6.45) is 9.29. The number of fused-ring (bicyclic) bond motifs is 1. The molecule has 0 atom stereocenters. The Kier molecular flexibility index (Phi) is 6.31. The number of aliphatic hydroxyl groups excluding tert-OH is 1. The molecule has 0 radical (unpaired) electrons. The number of anilines is 2. The molecule has 8 nitrogen and oxygen atoms in total. The van der Waals surface area contributed by atoms with Crippen LogP contribution in [0.1, 0.15) is 31.2 Å². The predicted molar refractivity (Wildman–Crippen MR) is 123 cm³/mol. The third kappa shape index (κ3) is 4.76. The van der Waals surface area contributed by atoms with Gasteiger partial charge >= 0.3 is 0 Å². The van der Waals surface area contributed by atoms with E-state index in [9.17, 15) is 0 Å². The van der Waals surface area contributed by atoms with Crippen LogP contribution in [-0.4, -0.2) is 58.5 Å². The minimum absolute atomic E-state index is 0.0154. The number of hydrogen-bond donors (Lipinski definition) is 2. The largest absolute Gasteiger partial charge is 0.488 e. The molecule has 168 valence electrons. The molecule has 1 aliphatic carbocycles. The Bertz CT molecular complexity index is 1030. The summed E-state index contributed by atoms with van der Waals surface area (Å²) in [7, 11) is 0. The quantitative estimate of drug-likeness (QED) is 0.610. The summed E-state index contributed by atoms with van der Waals surface area (Å²) < 4.78 is 12.0. The number of benzene rings is 1. The standard InChI is InChI=1S/C24H29N5O3/c30-16-17-1-6-23(27-15-17)28-18-2-4-20(5-3-18)32-22-14-19(29-9-11-31-12-10-29)13-21-24(22)26-8-7-25-21/h1,6-8,13-15,18,20,30H,2-5,9-12,16H2,(H,27,28). The molecule has 3 aromatic rings. The predicted octanol–water partition coefficient (Wildman–Crippen LogP) is 3.16. The first-order chi connectivity index (χ1) is 15.8. The molecule has 2 aliphatic rings. The number of pyridine rings is 1. The van der Waals surface area contributed by atoms with E-state index in [4.69, 9.17) is 14.6 Å². The van der Waals surface area contributed by atoms with E-state index in [1.807, 2.05) is 12.1 Å². The third-order valence-corrected chi connectivity index (χ3v) is 6.23. The molecule has 1 saturated carbocycles. The van der Waals surface area contributed by atoms with Crippen molar-refractivity contribution in [1.82, 2.24) is 15.0 Å². The van der Waals surface area contributed by atoms with Gasteiger partial charge in [0, 0.05) is 49.5 Å². The zero-order chi connectivity index (χ0) is 21.8. The van der Waals surface area contributed by atoms with E-state index in [2.05, 4.69) is 37.3 Å². The Balaban J connectivity index is 1.25. The number of morpholine rings is 1. The van der Waals surface area contributed by atoms with Gasteiger partial charge in [0.25, 0.3) is 0 Å². The summed E-state index contributed by atoms with van der Waals surface area (Å²) in [4.78, 5) is 15.8. The number of aromatic nitrogens is 3. The zero-order valence-corrected chi connectivity index (χ0v) is 18.1. The normalized spacial score (nSPS) is 21.5. The molecular formula is C24H29N5O3. The topological polar surface area (TPSA) is 92.6 Å². The van der Waals surface area contributed by atoms with Crippen molar-refractivity contribution < 1.29 is 14.6 Å². The number of hydrogen-bond acceptors (Lipinski definition) is 8. The van der Waals surface area contributed by atoms with Gasteiger partial charge in [0.1, 0.15) is 17.1 Å². The molecule has 32 heavy (non-hydrogen) atoms. The molecule has 0 unspecified atom stereocenters. The van der Waals surface area contributed by atoms with Gasteiger partial charge in [-0.2, -0.15) is 0 Å². The van der Waals surface area contributed by atoms with E-state index in [0.717, 1.165) is 85.8 Å². The molecule has 2 fully saturated rings. The Morgan fingerprint density at radius 3 is 2.59 bits per heavy atom. The first-order valence-corrected chi connectivity index (χ1v) is 11.3. The summed E-state index contributed by atoms with van der Waals surface area (Å²) in [6, 6.07) is 8.40. The van der Waals surface area contributed by atoms with Gasteiger partial charge in [0.2, 0.25) is 0 Å². The number of nitrogens with zero attached hydrogens (tertiary/aromatic N) is 4. The van der Waals surface area contributed by atoms with E-state index in [1.54, 1.807) is 18.6 Å². The van der Waals surface area contributed by atoms with Crippen LogP contribution < -0.4 is 15.0 Å². The average Bonchev–Trinajstić information content (AvgIpc) is 2.86. The first-order valence-electron chi connectivity index (χ1n) is 11.3. The molecule has 1 saturated heterocycles. The molecule has 0 amide bonds. The van der Waals surface area contributed by atoms with Gasteiger partial charge in [-0.25, -0.2) is 9.97 Å². The summed E-state index contributed by atoms with van der Waals surface area (Å²) in [5.74, 6) is 1.67. The Morgan fingerprint density at radius 1 is 1.03 bits per heavy atom. The van der Waals surface area contributed by atoms with Crippen molar-refractivity contribution in [2.24, 2.45) is 0 Å². The van der Waals surface area contributed by atoms with Crippen molar-refractivity contribution in [3.8, 4) is 5.75 Å². The van der Waals surface area contributed by atoms with Crippen LogP contribution >= 0.6 is 0 Å². The van der Waals surface area contributed by atoms with Crippen LogP contribution in [0.4, 0.5) is 11.5 Å². The minimum Gasteiger partial charge on any atom is -0.488 e. The van der Waals surface area contributed by atoms with Gasteiger partial charge < -0.3 is 24.8 Å². The average molecular weight is 436 g/mol.